The molecule has 1 amide bonds. The van der Waals surface area contributed by atoms with E-state index in [0.717, 1.165) is 24.9 Å². The Hall–Kier alpha value is -2.63. The molecule has 132 valence electrons. The first kappa shape index (κ1) is 17.2. The lowest BCUT2D eigenvalue weighted by atomic mass is 9.93. The Morgan fingerprint density at radius 2 is 2.04 bits per heavy atom. The highest BCUT2D eigenvalue weighted by atomic mass is 16.4. The Kier molecular flexibility index (Phi) is 5.48. The monoisotopic (exact) mass is 341 g/mol. The predicted octanol–water partition coefficient (Wildman–Crippen LogP) is 2.65. The zero-order valence-corrected chi connectivity index (χ0v) is 14.2. The number of likely N-dealkylation sites (tertiary alicyclic amines) is 1. The van der Waals surface area contributed by atoms with E-state index in [1.165, 1.54) is 0 Å². The van der Waals surface area contributed by atoms with E-state index >= 15 is 0 Å². The molecule has 25 heavy (non-hydrogen) atoms. The highest BCUT2D eigenvalue weighted by Gasteiger charge is 2.25. The molecule has 1 atom stereocenters. The number of benzene rings is 1. The Bertz CT molecular complexity index is 727. The number of aromatic nitrogens is 2. The fourth-order valence-corrected chi connectivity index (χ4v) is 3.33. The number of hydrogen-bond acceptors (Lipinski definition) is 3. The van der Waals surface area contributed by atoms with Crippen LogP contribution in [0.3, 0.4) is 0 Å². The summed E-state index contributed by atoms with van der Waals surface area (Å²) in [5.74, 6) is -0.516. The van der Waals surface area contributed by atoms with Crippen molar-refractivity contribution in [3.63, 3.8) is 0 Å². The molecule has 1 aliphatic rings. The summed E-state index contributed by atoms with van der Waals surface area (Å²) in [5, 5.41) is 13.1. The first-order chi connectivity index (χ1) is 12.1. The summed E-state index contributed by atoms with van der Waals surface area (Å²) >= 11 is 0. The van der Waals surface area contributed by atoms with Crippen LogP contribution in [0.2, 0.25) is 0 Å². The van der Waals surface area contributed by atoms with E-state index in [4.69, 9.17) is 5.11 Å². The van der Waals surface area contributed by atoms with Crippen molar-refractivity contribution in [2.75, 3.05) is 13.1 Å². The van der Waals surface area contributed by atoms with E-state index in [1.54, 1.807) is 17.1 Å². The summed E-state index contributed by atoms with van der Waals surface area (Å²) in [6.07, 6.45) is 6.12. The maximum Gasteiger partial charge on any atom is 0.303 e. The predicted molar refractivity (Wildman–Crippen MR) is 93.3 cm³/mol. The summed E-state index contributed by atoms with van der Waals surface area (Å²) < 4.78 is 1.77. The number of aliphatic carboxylic acids is 1. The van der Waals surface area contributed by atoms with Crippen LogP contribution < -0.4 is 0 Å². The van der Waals surface area contributed by atoms with Crippen molar-refractivity contribution in [2.24, 2.45) is 5.92 Å². The van der Waals surface area contributed by atoms with Crippen LogP contribution in [0.25, 0.3) is 0 Å². The molecule has 6 heteroatoms. The Labute approximate surface area is 147 Å². The van der Waals surface area contributed by atoms with Gasteiger partial charge in [0.1, 0.15) is 0 Å². The molecule has 2 heterocycles. The van der Waals surface area contributed by atoms with Crippen LogP contribution in [0.4, 0.5) is 0 Å². The van der Waals surface area contributed by atoms with E-state index in [9.17, 15) is 9.59 Å². The lowest BCUT2D eigenvalue weighted by Crippen LogP contribution is -2.40. The lowest BCUT2D eigenvalue weighted by Gasteiger charge is -2.32. The highest BCUT2D eigenvalue weighted by Crippen LogP contribution is 2.22. The van der Waals surface area contributed by atoms with Gasteiger partial charge in [-0.3, -0.25) is 14.3 Å². The molecule has 0 unspecified atom stereocenters. The number of nitrogens with zero attached hydrogens (tertiary/aromatic N) is 3. The van der Waals surface area contributed by atoms with Crippen LogP contribution in [0.1, 0.15) is 41.6 Å². The number of amides is 1. The second-order valence-electron chi connectivity index (χ2n) is 6.60. The molecule has 2 aromatic rings. The van der Waals surface area contributed by atoms with Gasteiger partial charge < -0.3 is 10.0 Å². The molecular weight excluding hydrogens is 318 g/mol. The van der Waals surface area contributed by atoms with Gasteiger partial charge in [0.15, 0.2) is 0 Å². The van der Waals surface area contributed by atoms with Gasteiger partial charge in [0.25, 0.3) is 5.91 Å². The number of carboxylic acids is 1. The molecule has 0 spiro atoms. The summed E-state index contributed by atoms with van der Waals surface area (Å²) in [6, 6.07) is 9.99. The van der Waals surface area contributed by atoms with Gasteiger partial charge in [-0.1, -0.05) is 30.3 Å². The van der Waals surface area contributed by atoms with Crippen molar-refractivity contribution in [3.8, 4) is 0 Å². The molecule has 1 aromatic heterocycles. The van der Waals surface area contributed by atoms with Crippen LogP contribution in [-0.4, -0.2) is 44.8 Å². The van der Waals surface area contributed by atoms with Crippen molar-refractivity contribution in [3.05, 3.63) is 53.9 Å². The summed E-state index contributed by atoms with van der Waals surface area (Å²) in [5.41, 5.74) is 1.73. The third kappa shape index (κ3) is 4.68. The average molecular weight is 341 g/mol. The van der Waals surface area contributed by atoms with E-state index in [2.05, 4.69) is 5.10 Å². The lowest BCUT2D eigenvalue weighted by molar-refractivity contribution is -0.137. The maximum absolute atomic E-state index is 12.7. The minimum Gasteiger partial charge on any atom is -0.481 e. The van der Waals surface area contributed by atoms with Crippen LogP contribution in [0, 0.1) is 5.92 Å². The van der Waals surface area contributed by atoms with Gasteiger partial charge in [0.2, 0.25) is 0 Å². The first-order valence-electron chi connectivity index (χ1n) is 8.69. The maximum atomic E-state index is 12.7. The van der Waals surface area contributed by atoms with Gasteiger partial charge in [0.05, 0.1) is 18.3 Å². The zero-order chi connectivity index (χ0) is 17.6. The molecule has 6 nitrogen and oxygen atoms in total. The molecule has 0 bridgehead atoms. The molecule has 1 fully saturated rings. The number of carbonyl (C=O) groups is 2. The van der Waals surface area contributed by atoms with Gasteiger partial charge in [-0.2, -0.15) is 5.10 Å². The standard InChI is InChI=1S/C19H23N3O3/c23-18(24)9-8-16-7-4-10-21(12-16)19(25)17-11-20-22(14-17)13-15-5-2-1-3-6-15/h1-3,5-6,11,14,16H,4,7-10,12-13H2,(H,23,24)/t16-/m1/s1. The van der Waals surface area contributed by atoms with Gasteiger partial charge in [-0.05, 0) is 30.7 Å². The quantitative estimate of drug-likeness (QED) is 0.876. The van der Waals surface area contributed by atoms with Crippen LogP contribution in [0.5, 0.6) is 0 Å². The Balaban J connectivity index is 1.60. The molecule has 3 rings (SSSR count). The third-order valence-electron chi connectivity index (χ3n) is 4.64. The van der Waals surface area contributed by atoms with E-state index < -0.39 is 5.97 Å². The van der Waals surface area contributed by atoms with Crippen molar-refractivity contribution in [1.29, 1.82) is 0 Å². The second kappa shape index (κ2) is 7.96. The minimum absolute atomic E-state index is 0.0145. The number of carbonyl (C=O) groups excluding carboxylic acids is 1. The molecule has 1 saturated heterocycles. The average Bonchev–Trinajstić information content (AvgIpc) is 3.09. The van der Waals surface area contributed by atoms with Crippen molar-refractivity contribution < 1.29 is 14.7 Å². The van der Waals surface area contributed by atoms with Gasteiger partial charge >= 0.3 is 5.97 Å². The molecule has 0 aliphatic carbocycles. The Morgan fingerprint density at radius 1 is 1.24 bits per heavy atom. The van der Waals surface area contributed by atoms with Crippen molar-refractivity contribution >= 4 is 11.9 Å². The van der Waals surface area contributed by atoms with E-state index in [1.807, 2.05) is 35.2 Å². The molecular formula is C19H23N3O3. The molecule has 1 N–H and O–H groups in total. The molecule has 0 saturated carbocycles. The largest absolute Gasteiger partial charge is 0.481 e. The fraction of sp³-hybridized carbons (Fsp3) is 0.421. The fourth-order valence-electron chi connectivity index (χ4n) is 3.33. The van der Waals surface area contributed by atoms with E-state index in [0.29, 0.717) is 25.1 Å². The van der Waals surface area contributed by atoms with E-state index in [-0.39, 0.29) is 18.2 Å². The number of hydrogen-bond donors (Lipinski definition) is 1. The Morgan fingerprint density at radius 3 is 2.80 bits per heavy atom. The molecule has 0 radical (unpaired) electrons. The van der Waals surface area contributed by atoms with Crippen LogP contribution in [-0.2, 0) is 11.3 Å². The normalized spacial score (nSPS) is 17.4. The zero-order valence-electron chi connectivity index (χ0n) is 14.2. The van der Waals surface area contributed by atoms with Gasteiger partial charge in [0, 0.05) is 25.7 Å². The van der Waals surface area contributed by atoms with Crippen LogP contribution in [0.15, 0.2) is 42.7 Å². The number of piperidine rings is 1. The van der Waals surface area contributed by atoms with Gasteiger partial charge in [-0.15, -0.1) is 0 Å². The SMILES string of the molecule is O=C(O)CC[C@H]1CCCN(C(=O)c2cnn(Cc3ccccc3)c2)C1. The number of carboxylic acid groups (broad SMARTS) is 1. The molecule has 1 aromatic carbocycles. The minimum atomic E-state index is -0.773. The summed E-state index contributed by atoms with van der Waals surface area (Å²) in [7, 11) is 0. The van der Waals surface area contributed by atoms with Gasteiger partial charge in [-0.25, -0.2) is 0 Å². The summed E-state index contributed by atoms with van der Waals surface area (Å²) in [6.45, 7) is 2.00. The van der Waals surface area contributed by atoms with Crippen LogP contribution >= 0.6 is 0 Å². The second-order valence-corrected chi connectivity index (χ2v) is 6.60. The van der Waals surface area contributed by atoms with Crippen molar-refractivity contribution in [2.45, 2.75) is 32.2 Å². The summed E-state index contributed by atoms with van der Waals surface area (Å²) in [4.78, 5) is 25.3. The first-order valence-corrected chi connectivity index (χ1v) is 8.69. The third-order valence-corrected chi connectivity index (χ3v) is 4.64. The number of rotatable bonds is 6. The van der Waals surface area contributed by atoms with Crippen molar-refractivity contribution in [1.82, 2.24) is 14.7 Å². The molecule has 1 aliphatic heterocycles. The smallest absolute Gasteiger partial charge is 0.303 e. The topological polar surface area (TPSA) is 75.4 Å². The highest BCUT2D eigenvalue weighted by molar-refractivity contribution is 5.93.